The van der Waals surface area contributed by atoms with E-state index in [-0.39, 0.29) is 17.4 Å². The SMILES string of the molecule is COc1ccccc1-c1cccc(CN2C[C@@H](c3ccccc3OC)[C@@]3(CCCCC(=O)N3)C2)c1. The number of rotatable bonds is 6. The van der Waals surface area contributed by atoms with E-state index >= 15 is 0 Å². The summed E-state index contributed by atoms with van der Waals surface area (Å²) in [6.07, 6.45) is 3.61. The van der Waals surface area contributed by atoms with Crippen molar-refractivity contribution in [2.24, 2.45) is 0 Å². The van der Waals surface area contributed by atoms with Crippen LogP contribution in [0, 0.1) is 0 Å². The second-order valence-corrected chi connectivity index (χ2v) is 9.78. The van der Waals surface area contributed by atoms with E-state index < -0.39 is 0 Å². The van der Waals surface area contributed by atoms with Gasteiger partial charge in [0.05, 0.1) is 19.8 Å². The number of hydrogen-bond donors (Lipinski definition) is 1. The lowest BCUT2D eigenvalue weighted by Crippen LogP contribution is -2.52. The maximum Gasteiger partial charge on any atom is 0.220 e. The molecule has 2 aliphatic rings. The largest absolute Gasteiger partial charge is 0.496 e. The average molecular weight is 471 g/mol. The third-order valence-corrected chi connectivity index (χ3v) is 7.54. The van der Waals surface area contributed by atoms with Gasteiger partial charge in [-0.2, -0.15) is 0 Å². The number of nitrogens with zero attached hydrogens (tertiary/aromatic N) is 1. The molecule has 5 rings (SSSR count). The fourth-order valence-corrected chi connectivity index (χ4v) is 5.96. The van der Waals surface area contributed by atoms with Crippen LogP contribution in [0.5, 0.6) is 11.5 Å². The highest BCUT2D eigenvalue weighted by Crippen LogP contribution is 2.44. The lowest BCUT2D eigenvalue weighted by Gasteiger charge is -2.35. The molecule has 5 nitrogen and oxygen atoms in total. The van der Waals surface area contributed by atoms with Crippen LogP contribution in [0.2, 0.25) is 0 Å². The van der Waals surface area contributed by atoms with E-state index in [1.165, 1.54) is 11.1 Å². The van der Waals surface area contributed by atoms with E-state index in [2.05, 4.69) is 52.7 Å². The smallest absolute Gasteiger partial charge is 0.220 e. The van der Waals surface area contributed by atoms with Crippen molar-refractivity contribution in [3.8, 4) is 22.6 Å². The van der Waals surface area contributed by atoms with E-state index in [9.17, 15) is 4.79 Å². The van der Waals surface area contributed by atoms with Crippen LogP contribution in [-0.4, -0.2) is 43.7 Å². The lowest BCUT2D eigenvalue weighted by molar-refractivity contribution is -0.122. The normalized spacial score (nSPS) is 22.6. The fourth-order valence-electron chi connectivity index (χ4n) is 5.96. The van der Waals surface area contributed by atoms with Crippen LogP contribution >= 0.6 is 0 Å². The first-order valence-electron chi connectivity index (χ1n) is 12.5. The van der Waals surface area contributed by atoms with Crippen molar-refractivity contribution in [3.05, 3.63) is 83.9 Å². The van der Waals surface area contributed by atoms with Gasteiger partial charge in [-0.1, -0.05) is 61.0 Å². The first-order chi connectivity index (χ1) is 17.1. The van der Waals surface area contributed by atoms with Gasteiger partial charge in [0.2, 0.25) is 5.91 Å². The van der Waals surface area contributed by atoms with Crippen LogP contribution in [0.3, 0.4) is 0 Å². The van der Waals surface area contributed by atoms with Gasteiger partial charge in [-0.25, -0.2) is 0 Å². The highest BCUT2D eigenvalue weighted by molar-refractivity contribution is 5.77. The third kappa shape index (κ3) is 4.78. The summed E-state index contributed by atoms with van der Waals surface area (Å²) >= 11 is 0. The molecule has 35 heavy (non-hydrogen) atoms. The molecule has 2 atom stereocenters. The van der Waals surface area contributed by atoms with E-state index in [0.29, 0.717) is 6.42 Å². The maximum atomic E-state index is 12.7. The van der Waals surface area contributed by atoms with Gasteiger partial charge in [0.15, 0.2) is 0 Å². The van der Waals surface area contributed by atoms with Crippen LogP contribution in [-0.2, 0) is 11.3 Å². The predicted octanol–water partition coefficient (Wildman–Crippen LogP) is 5.40. The van der Waals surface area contributed by atoms with Crippen LogP contribution in [0.15, 0.2) is 72.8 Å². The molecule has 0 aliphatic carbocycles. The van der Waals surface area contributed by atoms with E-state index in [1.807, 2.05) is 30.3 Å². The first-order valence-corrected chi connectivity index (χ1v) is 12.5. The van der Waals surface area contributed by atoms with Crippen molar-refractivity contribution in [3.63, 3.8) is 0 Å². The van der Waals surface area contributed by atoms with Crippen molar-refractivity contribution < 1.29 is 14.3 Å². The molecule has 3 aromatic rings. The summed E-state index contributed by atoms with van der Waals surface area (Å²) in [7, 11) is 3.44. The van der Waals surface area contributed by atoms with E-state index in [0.717, 1.165) is 61.5 Å². The first kappa shape index (κ1) is 23.4. The zero-order chi connectivity index (χ0) is 24.3. The minimum atomic E-state index is -0.275. The molecule has 2 saturated heterocycles. The second-order valence-electron chi connectivity index (χ2n) is 9.78. The highest BCUT2D eigenvalue weighted by atomic mass is 16.5. The van der Waals surface area contributed by atoms with Crippen molar-refractivity contribution >= 4 is 5.91 Å². The second kappa shape index (κ2) is 10.1. The van der Waals surface area contributed by atoms with Crippen LogP contribution in [0.1, 0.15) is 42.7 Å². The topological polar surface area (TPSA) is 50.8 Å². The molecule has 0 radical (unpaired) electrons. The number of likely N-dealkylation sites (tertiary alicyclic amines) is 1. The number of amides is 1. The van der Waals surface area contributed by atoms with Gasteiger partial charge in [0, 0.05) is 43.1 Å². The quantitative estimate of drug-likeness (QED) is 0.524. The molecule has 2 fully saturated rings. The molecule has 2 aliphatic heterocycles. The standard InChI is InChI=1S/C30H34N2O3/c1-34-27-14-5-3-12-24(27)23-11-9-10-22(18-23)19-32-20-26(25-13-4-6-15-28(25)35-2)30(21-32)17-8-7-16-29(33)31-30/h3-6,9-15,18,26H,7-8,16-17,19-21H2,1-2H3,(H,31,33)/t26-,30+/m0/s1. The highest BCUT2D eigenvalue weighted by Gasteiger charge is 2.49. The summed E-state index contributed by atoms with van der Waals surface area (Å²) in [5.41, 5.74) is 4.41. The Morgan fingerprint density at radius 3 is 2.54 bits per heavy atom. The van der Waals surface area contributed by atoms with Crippen molar-refractivity contribution in [1.82, 2.24) is 10.2 Å². The van der Waals surface area contributed by atoms with Gasteiger partial charge in [-0.15, -0.1) is 0 Å². The molecule has 3 aromatic carbocycles. The van der Waals surface area contributed by atoms with Gasteiger partial charge in [-0.3, -0.25) is 9.69 Å². The Labute approximate surface area is 208 Å². The van der Waals surface area contributed by atoms with Crippen LogP contribution in [0.25, 0.3) is 11.1 Å². The molecule has 2 heterocycles. The van der Waals surface area contributed by atoms with Gasteiger partial charge in [0.1, 0.15) is 11.5 Å². The average Bonchev–Trinajstić information content (AvgIpc) is 3.11. The van der Waals surface area contributed by atoms with Gasteiger partial charge in [-0.05, 0) is 42.2 Å². The molecule has 0 bridgehead atoms. The molecule has 1 amide bonds. The predicted molar refractivity (Wildman–Crippen MR) is 139 cm³/mol. The Morgan fingerprint density at radius 1 is 0.943 bits per heavy atom. The monoisotopic (exact) mass is 470 g/mol. The van der Waals surface area contributed by atoms with E-state index in [1.54, 1.807) is 14.2 Å². The zero-order valence-corrected chi connectivity index (χ0v) is 20.6. The molecule has 1 N–H and O–H groups in total. The number of hydrogen-bond acceptors (Lipinski definition) is 4. The van der Waals surface area contributed by atoms with Crippen molar-refractivity contribution in [2.75, 3.05) is 27.3 Å². The Morgan fingerprint density at radius 2 is 1.71 bits per heavy atom. The number of methoxy groups -OCH3 is 2. The minimum Gasteiger partial charge on any atom is -0.496 e. The van der Waals surface area contributed by atoms with Gasteiger partial charge in [0.25, 0.3) is 0 Å². The molecular weight excluding hydrogens is 436 g/mol. The Balaban J connectivity index is 1.45. The van der Waals surface area contributed by atoms with Crippen molar-refractivity contribution in [1.29, 1.82) is 0 Å². The molecule has 182 valence electrons. The van der Waals surface area contributed by atoms with Gasteiger partial charge < -0.3 is 14.8 Å². The summed E-state index contributed by atoms with van der Waals surface area (Å²) in [6, 6.07) is 25.1. The lowest BCUT2D eigenvalue weighted by atomic mass is 9.78. The number of ether oxygens (including phenoxy) is 2. The summed E-state index contributed by atoms with van der Waals surface area (Å²) < 4.78 is 11.3. The molecule has 1 spiro atoms. The number of carbonyl (C=O) groups is 1. The Hall–Kier alpha value is -3.31. The minimum absolute atomic E-state index is 0.169. The molecule has 0 aromatic heterocycles. The number of benzene rings is 3. The van der Waals surface area contributed by atoms with Crippen LogP contribution in [0.4, 0.5) is 0 Å². The van der Waals surface area contributed by atoms with E-state index in [4.69, 9.17) is 9.47 Å². The Bertz CT molecular complexity index is 1190. The number of nitrogens with one attached hydrogen (secondary N) is 1. The fraction of sp³-hybridized carbons (Fsp3) is 0.367. The molecule has 5 heteroatoms. The maximum absolute atomic E-state index is 12.7. The number of carbonyl (C=O) groups excluding carboxylic acids is 1. The molecular formula is C30H34N2O3. The molecule has 0 unspecified atom stereocenters. The summed E-state index contributed by atoms with van der Waals surface area (Å²) in [5.74, 6) is 2.12. The number of para-hydroxylation sites is 2. The zero-order valence-electron chi connectivity index (χ0n) is 20.6. The summed E-state index contributed by atoms with van der Waals surface area (Å²) in [5, 5.41) is 3.47. The third-order valence-electron chi connectivity index (χ3n) is 7.54. The Kier molecular flexibility index (Phi) is 6.78. The van der Waals surface area contributed by atoms with Crippen molar-refractivity contribution in [2.45, 2.75) is 43.7 Å². The van der Waals surface area contributed by atoms with Gasteiger partial charge >= 0.3 is 0 Å². The molecule has 0 saturated carbocycles. The summed E-state index contributed by atoms with van der Waals surface area (Å²) in [4.78, 5) is 15.2. The summed E-state index contributed by atoms with van der Waals surface area (Å²) in [6.45, 7) is 2.53. The van der Waals surface area contributed by atoms with Crippen LogP contribution < -0.4 is 14.8 Å².